The Labute approximate surface area is 190 Å². The van der Waals surface area contributed by atoms with Gasteiger partial charge in [0.15, 0.2) is 0 Å². The van der Waals surface area contributed by atoms with Crippen LogP contribution in [0.25, 0.3) is 0 Å². The molecule has 1 saturated carbocycles. The van der Waals surface area contributed by atoms with Gasteiger partial charge in [-0.3, -0.25) is 8.98 Å². The highest BCUT2D eigenvalue weighted by molar-refractivity contribution is 7.84. The summed E-state index contributed by atoms with van der Waals surface area (Å²) < 4.78 is 32.3. The van der Waals surface area contributed by atoms with Crippen molar-refractivity contribution in [2.24, 2.45) is 11.1 Å². The van der Waals surface area contributed by atoms with E-state index in [-0.39, 0.29) is 24.3 Å². The average Bonchev–Trinajstić information content (AvgIpc) is 3.48. The number of anilines is 1. The lowest BCUT2D eigenvalue weighted by atomic mass is 10.1. The summed E-state index contributed by atoms with van der Waals surface area (Å²) in [5.74, 6) is 2.10. The van der Waals surface area contributed by atoms with E-state index >= 15 is 0 Å². The van der Waals surface area contributed by atoms with Gasteiger partial charge in [-0.05, 0) is 61.2 Å². The first-order chi connectivity index (χ1) is 15.3. The van der Waals surface area contributed by atoms with Crippen molar-refractivity contribution in [3.8, 4) is 0 Å². The topological polar surface area (TPSA) is 137 Å². The summed E-state index contributed by atoms with van der Waals surface area (Å²) in [5.41, 5.74) is 1.41. The van der Waals surface area contributed by atoms with E-state index < -0.39 is 10.3 Å². The van der Waals surface area contributed by atoms with Crippen molar-refractivity contribution in [3.63, 3.8) is 0 Å². The molecule has 3 N–H and O–H groups in total. The molecule has 3 aromatic heterocycles. The number of hydrogen-bond acceptors (Lipinski definition) is 9. The lowest BCUT2D eigenvalue weighted by Gasteiger charge is -2.15. The minimum absolute atomic E-state index is 0.0478. The second-order valence-corrected chi connectivity index (χ2v) is 10.1. The monoisotopic (exact) mass is 476 g/mol. The van der Waals surface area contributed by atoms with Gasteiger partial charge in [-0.1, -0.05) is 0 Å². The number of furan rings is 1. The third-order valence-corrected chi connectivity index (χ3v) is 6.80. The van der Waals surface area contributed by atoms with Gasteiger partial charge < -0.3 is 9.73 Å². The molecule has 3 heterocycles. The summed E-state index contributed by atoms with van der Waals surface area (Å²) in [7, 11) is -3.94. The minimum atomic E-state index is -3.94. The Hall–Kier alpha value is -2.60. The van der Waals surface area contributed by atoms with Gasteiger partial charge in [0.1, 0.15) is 23.7 Å². The molecule has 0 saturated heterocycles. The molecule has 9 nitrogen and oxygen atoms in total. The second kappa shape index (κ2) is 9.49. The predicted octanol–water partition coefficient (Wildman–Crippen LogP) is 3.06. The quantitative estimate of drug-likeness (QED) is 0.450. The SMILES string of the molecule is Cc1ccc(Cc2csc(C(=O)c3cncnc3N[C@H]3CC[C@@H](COS(N)(=O)=O)C3)c2)o1. The highest BCUT2D eigenvalue weighted by Crippen LogP contribution is 2.30. The molecule has 1 aliphatic rings. The molecule has 0 spiro atoms. The molecule has 170 valence electrons. The molecular formula is C21H24N4O5S2. The molecule has 1 aliphatic carbocycles. The van der Waals surface area contributed by atoms with E-state index in [9.17, 15) is 13.2 Å². The smallest absolute Gasteiger partial charge is 0.333 e. The maximum atomic E-state index is 13.2. The summed E-state index contributed by atoms with van der Waals surface area (Å²) in [6, 6.07) is 5.77. The first-order valence-corrected chi connectivity index (χ1v) is 12.5. The van der Waals surface area contributed by atoms with Crippen LogP contribution < -0.4 is 10.5 Å². The Morgan fingerprint density at radius 2 is 2.22 bits per heavy atom. The molecule has 4 rings (SSSR count). The zero-order chi connectivity index (χ0) is 22.7. The van der Waals surface area contributed by atoms with Crippen LogP contribution in [-0.2, 0) is 20.9 Å². The zero-order valence-electron chi connectivity index (χ0n) is 17.5. The predicted molar refractivity (Wildman–Crippen MR) is 120 cm³/mol. The minimum Gasteiger partial charge on any atom is -0.466 e. The molecular weight excluding hydrogens is 452 g/mol. The van der Waals surface area contributed by atoms with Crippen molar-refractivity contribution in [2.75, 3.05) is 11.9 Å². The van der Waals surface area contributed by atoms with Gasteiger partial charge in [0, 0.05) is 18.7 Å². The summed E-state index contributed by atoms with van der Waals surface area (Å²) >= 11 is 1.38. The van der Waals surface area contributed by atoms with Crippen LogP contribution in [0.5, 0.6) is 0 Å². The number of ketones is 1. The van der Waals surface area contributed by atoms with E-state index in [2.05, 4.69) is 15.3 Å². The Morgan fingerprint density at radius 3 is 2.97 bits per heavy atom. The first kappa shape index (κ1) is 22.6. The van der Waals surface area contributed by atoms with Crippen LogP contribution in [0.2, 0.25) is 0 Å². The maximum absolute atomic E-state index is 13.2. The van der Waals surface area contributed by atoms with E-state index in [4.69, 9.17) is 13.7 Å². The number of rotatable bonds is 9. The van der Waals surface area contributed by atoms with Crippen molar-refractivity contribution < 1.29 is 21.8 Å². The van der Waals surface area contributed by atoms with Crippen LogP contribution in [0.3, 0.4) is 0 Å². The lowest BCUT2D eigenvalue weighted by molar-refractivity contribution is 0.104. The normalized spacial score (nSPS) is 18.7. The summed E-state index contributed by atoms with van der Waals surface area (Å²) in [4.78, 5) is 22.1. The van der Waals surface area contributed by atoms with Gasteiger partial charge in [0.05, 0.1) is 17.0 Å². The Morgan fingerprint density at radius 1 is 1.38 bits per heavy atom. The van der Waals surface area contributed by atoms with E-state index in [1.165, 1.54) is 23.9 Å². The zero-order valence-corrected chi connectivity index (χ0v) is 19.1. The Kier molecular flexibility index (Phi) is 6.70. The molecule has 2 atom stereocenters. The molecule has 0 unspecified atom stereocenters. The van der Waals surface area contributed by atoms with Gasteiger partial charge in [-0.15, -0.1) is 11.3 Å². The molecule has 0 aromatic carbocycles. The lowest BCUT2D eigenvalue weighted by Crippen LogP contribution is -2.22. The van der Waals surface area contributed by atoms with Gasteiger partial charge in [0.2, 0.25) is 5.78 Å². The van der Waals surface area contributed by atoms with Crippen molar-refractivity contribution >= 4 is 33.2 Å². The highest BCUT2D eigenvalue weighted by Gasteiger charge is 2.28. The fraction of sp³-hybridized carbons (Fsp3) is 0.381. The van der Waals surface area contributed by atoms with E-state index in [0.29, 0.717) is 29.1 Å². The van der Waals surface area contributed by atoms with Crippen LogP contribution in [0.1, 0.15) is 51.6 Å². The van der Waals surface area contributed by atoms with Gasteiger partial charge >= 0.3 is 10.3 Å². The van der Waals surface area contributed by atoms with Crippen molar-refractivity contribution in [3.05, 3.63) is 63.6 Å². The second-order valence-electron chi connectivity index (χ2n) is 7.92. The highest BCUT2D eigenvalue weighted by atomic mass is 32.2. The summed E-state index contributed by atoms with van der Waals surface area (Å²) in [6.45, 7) is 1.95. The number of aromatic nitrogens is 2. The van der Waals surface area contributed by atoms with Gasteiger partial charge in [-0.2, -0.15) is 8.42 Å². The number of aryl methyl sites for hydroxylation is 1. The Balaban J connectivity index is 1.42. The standard InChI is InChI=1S/C21H24N4O5S2/c1-13-2-5-17(30-13)7-15-8-19(31-11-15)20(26)18-9-23-12-24-21(18)25-16-4-3-14(6-16)10-29-32(22,27)28/h2,5,8-9,11-12,14,16H,3-4,6-7,10H2,1H3,(H2,22,27,28)(H,23,24,25)/t14-,16+/m1/s1. The average molecular weight is 477 g/mol. The van der Waals surface area contributed by atoms with Crippen molar-refractivity contribution in [2.45, 2.75) is 38.6 Å². The maximum Gasteiger partial charge on any atom is 0.333 e. The van der Waals surface area contributed by atoms with E-state index in [1.807, 2.05) is 30.5 Å². The largest absolute Gasteiger partial charge is 0.466 e. The Bertz CT molecular complexity index is 1200. The van der Waals surface area contributed by atoms with Gasteiger partial charge in [0.25, 0.3) is 0 Å². The number of nitrogens with zero attached hydrogens (tertiary/aromatic N) is 2. The number of nitrogens with two attached hydrogens (primary N) is 1. The fourth-order valence-electron chi connectivity index (χ4n) is 3.85. The van der Waals surface area contributed by atoms with Crippen LogP contribution in [0.4, 0.5) is 5.82 Å². The van der Waals surface area contributed by atoms with Gasteiger partial charge in [-0.25, -0.2) is 15.1 Å². The van der Waals surface area contributed by atoms with Crippen LogP contribution in [0.15, 0.2) is 40.5 Å². The molecule has 0 aliphatic heterocycles. The molecule has 0 amide bonds. The molecule has 3 aromatic rings. The summed E-state index contributed by atoms with van der Waals surface area (Å²) in [6.07, 6.45) is 5.83. The van der Waals surface area contributed by atoms with Crippen LogP contribution in [-0.4, -0.2) is 36.8 Å². The third-order valence-electron chi connectivity index (χ3n) is 5.36. The number of hydrogen-bond donors (Lipinski definition) is 2. The number of carbonyl (C=O) groups is 1. The molecule has 11 heteroatoms. The van der Waals surface area contributed by atoms with E-state index in [1.54, 1.807) is 0 Å². The number of carbonyl (C=O) groups excluding carboxylic acids is 1. The number of nitrogens with one attached hydrogen (secondary N) is 1. The molecule has 32 heavy (non-hydrogen) atoms. The molecule has 0 radical (unpaired) electrons. The van der Waals surface area contributed by atoms with E-state index in [0.717, 1.165) is 29.9 Å². The van der Waals surface area contributed by atoms with Crippen LogP contribution in [0, 0.1) is 12.8 Å². The first-order valence-electron chi connectivity index (χ1n) is 10.2. The van der Waals surface area contributed by atoms with Crippen LogP contribution >= 0.6 is 11.3 Å². The molecule has 0 bridgehead atoms. The number of thiophene rings is 1. The van der Waals surface area contributed by atoms with Crippen molar-refractivity contribution in [1.29, 1.82) is 0 Å². The third kappa shape index (κ3) is 5.80. The van der Waals surface area contributed by atoms with Crippen molar-refractivity contribution in [1.82, 2.24) is 9.97 Å². The fourth-order valence-corrected chi connectivity index (χ4v) is 5.10. The molecule has 1 fully saturated rings. The summed E-state index contributed by atoms with van der Waals surface area (Å²) in [5, 5.41) is 10.2.